The van der Waals surface area contributed by atoms with Crippen LogP contribution in [0.1, 0.15) is 0 Å². The van der Waals surface area contributed by atoms with Gasteiger partial charge < -0.3 is 25.6 Å². The van der Waals surface area contributed by atoms with Crippen LogP contribution in [0.3, 0.4) is 0 Å². The Balaban J connectivity index is 2.17. The maximum absolute atomic E-state index is 11.2. The molecule has 1 amide bonds. The fourth-order valence-electron chi connectivity index (χ4n) is 1.67. The molecule has 0 unspecified atom stereocenters. The Labute approximate surface area is 122 Å². The monoisotopic (exact) mass is 288 g/mol. The van der Waals surface area contributed by atoms with Crippen molar-refractivity contribution in [1.29, 1.82) is 0 Å². The zero-order chi connectivity index (χ0) is 15.2. The summed E-state index contributed by atoms with van der Waals surface area (Å²) in [7, 11) is 1.58. The molecular formula is C15H16N2O4. The first-order chi connectivity index (χ1) is 10.1. The number of nitrogens with two attached hydrogens (primary N) is 1. The number of nitrogens with one attached hydrogen (secondary N) is 1. The van der Waals surface area contributed by atoms with Gasteiger partial charge in [-0.25, -0.2) is 0 Å². The lowest BCUT2D eigenvalue weighted by Gasteiger charge is -2.11. The number of carbonyl (C=O) groups excluding carboxylic acids is 1. The molecule has 0 aliphatic carbocycles. The van der Waals surface area contributed by atoms with Crippen LogP contribution in [-0.2, 0) is 4.79 Å². The molecule has 0 aliphatic rings. The molecule has 4 N–H and O–H groups in total. The van der Waals surface area contributed by atoms with E-state index in [4.69, 9.17) is 20.3 Å². The number of methoxy groups -OCH3 is 1. The van der Waals surface area contributed by atoms with Crippen molar-refractivity contribution < 1.29 is 19.4 Å². The minimum absolute atomic E-state index is 0.413. The van der Waals surface area contributed by atoms with E-state index < -0.39 is 12.5 Å². The number of aliphatic hydroxyl groups is 1. The molecule has 0 saturated heterocycles. The predicted octanol–water partition coefficient (Wildman–Crippen LogP) is 2.00. The maximum atomic E-state index is 11.2. The van der Waals surface area contributed by atoms with Gasteiger partial charge in [-0.3, -0.25) is 4.79 Å². The van der Waals surface area contributed by atoms with Gasteiger partial charge >= 0.3 is 0 Å². The van der Waals surface area contributed by atoms with E-state index in [2.05, 4.69) is 5.32 Å². The van der Waals surface area contributed by atoms with Crippen molar-refractivity contribution in [2.45, 2.75) is 0 Å². The number of anilines is 2. The van der Waals surface area contributed by atoms with Crippen molar-refractivity contribution in [3.05, 3.63) is 42.5 Å². The van der Waals surface area contributed by atoms with Crippen LogP contribution in [0.25, 0.3) is 0 Å². The van der Waals surface area contributed by atoms with Crippen LogP contribution in [0.15, 0.2) is 42.5 Å². The zero-order valence-electron chi connectivity index (χ0n) is 11.5. The quantitative estimate of drug-likeness (QED) is 0.732. The maximum Gasteiger partial charge on any atom is 0.250 e. The highest BCUT2D eigenvalue weighted by molar-refractivity contribution is 5.92. The number of ether oxygens (including phenoxy) is 2. The van der Waals surface area contributed by atoms with Crippen LogP contribution < -0.4 is 20.5 Å². The van der Waals surface area contributed by atoms with Gasteiger partial charge in [-0.05, 0) is 36.4 Å². The number of hydrogen-bond acceptors (Lipinski definition) is 5. The van der Waals surface area contributed by atoms with Crippen molar-refractivity contribution in [2.75, 3.05) is 24.8 Å². The van der Waals surface area contributed by atoms with E-state index in [9.17, 15) is 4.79 Å². The first-order valence-electron chi connectivity index (χ1n) is 6.24. The molecule has 6 nitrogen and oxygen atoms in total. The van der Waals surface area contributed by atoms with Gasteiger partial charge in [0.15, 0.2) is 5.75 Å². The molecule has 0 spiro atoms. The van der Waals surface area contributed by atoms with Gasteiger partial charge in [0, 0.05) is 11.8 Å². The van der Waals surface area contributed by atoms with E-state index in [1.807, 2.05) is 0 Å². The minimum Gasteiger partial charge on any atom is -0.497 e. The molecule has 0 radical (unpaired) electrons. The number of aliphatic hydroxyl groups excluding tert-OH is 1. The molecule has 2 rings (SSSR count). The second-order valence-corrected chi connectivity index (χ2v) is 4.24. The highest BCUT2D eigenvalue weighted by Crippen LogP contribution is 2.31. The first-order valence-corrected chi connectivity index (χ1v) is 6.24. The predicted molar refractivity (Wildman–Crippen MR) is 79.6 cm³/mol. The Morgan fingerprint density at radius 2 is 1.86 bits per heavy atom. The first kappa shape index (κ1) is 14.7. The molecule has 0 fully saturated rings. The number of benzene rings is 2. The average molecular weight is 288 g/mol. The lowest BCUT2D eigenvalue weighted by molar-refractivity contribution is -0.118. The second-order valence-electron chi connectivity index (χ2n) is 4.24. The number of rotatable bonds is 5. The number of amides is 1. The SMILES string of the molecule is COc1ccc(Oc2cc(NC(=O)CO)ccc2N)cc1. The highest BCUT2D eigenvalue weighted by atomic mass is 16.5. The van der Waals surface area contributed by atoms with Gasteiger partial charge in [-0.1, -0.05) is 0 Å². The molecule has 2 aromatic carbocycles. The van der Waals surface area contributed by atoms with Crippen molar-refractivity contribution in [3.63, 3.8) is 0 Å². The summed E-state index contributed by atoms with van der Waals surface area (Å²) in [4.78, 5) is 11.2. The molecule has 0 saturated carbocycles. The van der Waals surface area contributed by atoms with E-state index in [0.717, 1.165) is 5.75 Å². The van der Waals surface area contributed by atoms with Crippen molar-refractivity contribution in [1.82, 2.24) is 0 Å². The lowest BCUT2D eigenvalue weighted by atomic mass is 10.2. The average Bonchev–Trinajstić information content (AvgIpc) is 2.51. The molecular weight excluding hydrogens is 272 g/mol. The summed E-state index contributed by atoms with van der Waals surface area (Å²) < 4.78 is 10.7. The van der Waals surface area contributed by atoms with Crippen molar-refractivity contribution in [3.8, 4) is 17.2 Å². The molecule has 0 heterocycles. The smallest absolute Gasteiger partial charge is 0.250 e. The summed E-state index contributed by atoms with van der Waals surface area (Å²) in [5, 5.41) is 11.2. The van der Waals surface area contributed by atoms with E-state index in [-0.39, 0.29) is 0 Å². The number of nitrogen functional groups attached to an aromatic ring is 1. The molecule has 0 aromatic heterocycles. The van der Waals surface area contributed by atoms with Crippen molar-refractivity contribution >= 4 is 17.3 Å². The Kier molecular flexibility index (Phi) is 4.63. The van der Waals surface area contributed by atoms with Gasteiger partial charge in [0.25, 0.3) is 0 Å². The molecule has 110 valence electrons. The third-order valence-electron chi connectivity index (χ3n) is 2.73. The molecule has 0 atom stereocenters. The molecule has 0 aliphatic heterocycles. The Morgan fingerprint density at radius 1 is 1.19 bits per heavy atom. The van der Waals surface area contributed by atoms with Crippen LogP contribution >= 0.6 is 0 Å². The summed E-state index contributed by atoms with van der Waals surface area (Å²) in [5.74, 6) is 1.22. The Hall–Kier alpha value is -2.73. The molecule has 6 heteroatoms. The van der Waals surface area contributed by atoms with Crippen LogP contribution in [0.5, 0.6) is 17.2 Å². The standard InChI is InChI=1S/C15H16N2O4/c1-20-11-3-5-12(6-4-11)21-14-8-10(2-7-13(14)16)17-15(19)9-18/h2-8,18H,9,16H2,1H3,(H,17,19). The largest absolute Gasteiger partial charge is 0.497 e. The third kappa shape index (κ3) is 3.87. The molecule has 2 aromatic rings. The summed E-state index contributed by atoms with van der Waals surface area (Å²) in [6, 6.07) is 11.9. The number of carbonyl (C=O) groups is 1. The van der Waals surface area contributed by atoms with Gasteiger partial charge in [0.1, 0.15) is 18.1 Å². The van der Waals surface area contributed by atoms with E-state index in [0.29, 0.717) is 22.9 Å². The summed E-state index contributed by atoms with van der Waals surface area (Å²) in [6.07, 6.45) is 0. The summed E-state index contributed by atoms with van der Waals surface area (Å²) in [6.45, 7) is -0.584. The Morgan fingerprint density at radius 3 is 2.48 bits per heavy atom. The molecule has 0 bridgehead atoms. The fraction of sp³-hybridized carbons (Fsp3) is 0.133. The fourth-order valence-corrected chi connectivity index (χ4v) is 1.67. The van der Waals surface area contributed by atoms with Crippen LogP contribution in [0.2, 0.25) is 0 Å². The normalized spacial score (nSPS) is 10.0. The lowest BCUT2D eigenvalue weighted by Crippen LogP contribution is -2.15. The van der Waals surface area contributed by atoms with Gasteiger partial charge in [0.2, 0.25) is 5.91 Å². The van der Waals surface area contributed by atoms with Gasteiger partial charge in [-0.2, -0.15) is 0 Å². The second kappa shape index (κ2) is 6.62. The minimum atomic E-state index is -0.584. The van der Waals surface area contributed by atoms with Gasteiger partial charge in [0.05, 0.1) is 12.8 Å². The van der Waals surface area contributed by atoms with Crippen molar-refractivity contribution in [2.24, 2.45) is 0 Å². The highest BCUT2D eigenvalue weighted by Gasteiger charge is 2.06. The zero-order valence-corrected chi connectivity index (χ0v) is 11.5. The van der Waals surface area contributed by atoms with E-state index in [1.165, 1.54) is 0 Å². The summed E-state index contributed by atoms with van der Waals surface area (Å²) in [5.41, 5.74) is 6.78. The topological polar surface area (TPSA) is 93.8 Å². The van der Waals surface area contributed by atoms with E-state index >= 15 is 0 Å². The number of hydrogen-bond donors (Lipinski definition) is 3. The Bertz CT molecular complexity index is 626. The molecule has 21 heavy (non-hydrogen) atoms. The van der Waals surface area contributed by atoms with Crippen LogP contribution in [-0.4, -0.2) is 24.7 Å². The third-order valence-corrected chi connectivity index (χ3v) is 2.73. The van der Waals surface area contributed by atoms with Crippen LogP contribution in [0, 0.1) is 0 Å². The summed E-state index contributed by atoms with van der Waals surface area (Å²) >= 11 is 0. The van der Waals surface area contributed by atoms with Gasteiger partial charge in [-0.15, -0.1) is 0 Å². The van der Waals surface area contributed by atoms with E-state index in [1.54, 1.807) is 49.6 Å². The van der Waals surface area contributed by atoms with Crippen LogP contribution in [0.4, 0.5) is 11.4 Å².